The van der Waals surface area contributed by atoms with Crippen LogP contribution < -0.4 is 0 Å². The molecule has 1 aromatic carbocycles. The number of hydrogen-bond donors (Lipinski definition) is 0. The van der Waals surface area contributed by atoms with Crippen molar-refractivity contribution in [1.82, 2.24) is 9.55 Å². The van der Waals surface area contributed by atoms with Crippen molar-refractivity contribution in [2.75, 3.05) is 0 Å². The first-order chi connectivity index (χ1) is 9.16. The first-order valence-corrected chi connectivity index (χ1v) is 5.84. The summed E-state index contributed by atoms with van der Waals surface area (Å²) >= 11 is 0. The third-order valence-electron chi connectivity index (χ3n) is 3.14. The number of nitro benzene ring substituents is 1. The van der Waals surface area contributed by atoms with Crippen molar-refractivity contribution in [3.8, 4) is 5.69 Å². The van der Waals surface area contributed by atoms with Gasteiger partial charge in [0, 0.05) is 35.6 Å². The lowest BCUT2D eigenvalue weighted by Gasteiger charge is -2.04. The van der Waals surface area contributed by atoms with Crippen LogP contribution in [0.1, 0.15) is 5.56 Å². The summed E-state index contributed by atoms with van der Waals surface area (Å²) in [5, 5.41) is 11.7. The average molecular weight is 253 g/mol. The number of non-ortho nitro benzene ring substituents is 1. The van der Waals surface area contributed by atoms with Gasteiger partial charge in [0.25, 0.3) is 5.69 Å². The number of rotatable bonds is 2. The molecule has 0 bridgehead atoms. The van der Waals surface area contributed by atoms with Crippen LogP contribution in [0.2, 0.25) is 0 Å². The summed E-state index contributed by atoms with van der Waals surface area (Å²) in [5.41, 5.74) is 2.96. The summed E-state index contributed by atoms with van der Waals surface area (Å²) in [6, 6.07) is 10.4. The Kier molecular flexibility index (Phi) is 2.52. The third-order valence-corrected chi connectivity index (χ3v) is 3.14. The van der Waals surface area contributed by atoms with Crippen molar-refractivity contribution in [3.05, 3.63) is 64.5 Å². The fourth-order valence-corrected chi connectivity index (χ4v) is 2.12. The van der Waals surface area contributed by atoms with Crippen molar-refractivity contribution >= 4 is 16.7 Å². The first kappa shape index (κ1) is 11.4. The van der Waals surface area contributed by atoms with E-state index in [0.717, 1.165) is 22.3 Å². The summed E-state index contributed by atoms with van der Waals surface area (Å²) < 4.78 is 1.92. The SMILES string of the molecule is Cc1ccnc2c1ccn2-c1ccc([N+](=O)[O-])cc1. The van der Waals surface area contributed by atoms with Gasteiger partial charge in [-0.25, -0.2) is 4.98 Å². The Labute approximate surface area is 109 Å². The van der Waals surface area contributed by atoms with Gasteiger partial charge in [-0.3, -0.25) is 10.1 Å². The van der Waals surface area contributed by atoms with E-state index in [1.54, 1.807) is 18.3 Å². The molecule has 0 aliphatic rings. The highest BCUT2D eigenvalue weighted by molar-refractivity contribution is 5.81. The number of fused-ring (bicyclic) bond motifs is 1. The third kappa shape index (κ3) is 1.85. The largest absolute Gasteiger partial charge is 0.301 e. The molecular weight excluding hydrogens is 242 g/mol. The lowest BCUT2D eigenvalue weighted by Crippen LogP contribution is -1.95. The molecule has 5 heteroatoms. The van der Waals surface area contributed by atoms with E-state index in [1.807, 2.05) is 29.8 Å². The minimum absolute atomic E-state index is 0.0874. The van der Waals surface area contributed by atoms with Gasteiger partial charge in [0.2, 0.25) is 0 Å². The molecular formula is C14H11N3O2. The summed E-state index contributed by atoms with van der Waals surface area (Å²) in [4.78, 5) is 14.6. The van der Waals surface area contributed by atoms with Gasteiger partial charge in [-0.2, -0.15) is 0 Å². The number of aromatic nitrogens is 2. The van der Waals surface area contributed by atoms with Crippen molar-refractivity contribution in [2.45, 2.75) is 6.92 Å². The van der Waals surface area contributed by atoms with Crippen molar-refractivity contribution in [2.24, 2.45) is 0 Å². The van der Waals surface area contributed by atoms with Gasteiger partial charge in [-0.15, -0.1) is 0 Å². The molecule has 0 atom stereocenters. The predicted octanol–water partition coefficient (Wildman–Crippen LogP) is 3.24. The zero-order valence-corrected chi connectivity index (χ0v) is 10.3. The second-order valence-electron chi connectivity index (χ2n) is 4.32. The molecule has 0 N–H and O–H groups in total. The van der Waals surface area contributed by atoms with Crippen molar-refractivity contribution in [1.29, 1.82) is 0 Å². The molecule has 0 radical (unpaired) electrons. The Balaban J connectivity index is 2.14. The predicted molar refractivity (Wildman–Crippen MR) is 72.5 cm³/mol. The van der Waals surface area contributed by atoms with Gasteiger partial charge in [0.1, 0.15) is 5.65 Å². The van der Waals surface area contributed by atoms with E-state index in [0.29, 0.717) is 0 Å². The van der Waals surface area contributed by atoms with Gasteiger partial charge < -0.3 is 4.57 Å². The first-order valence-electron chi connectivity index (χ1n) is 5.84. The summed E-state index contributed by atoms with van der Waals surface area (Å²) in [7, 11) is 0. The highest BCUT2D eigenvalue weighted by Gasteiger charge is 2.08. The number of nitrogens with zero attached hydrogens (tertiary/aromatic N) is 3. The molecule has 0 saturated carbocycles. The van der Waals surface area contributed by atoms with Gasteiger partial charge in [-0.1, -0.05) is 0 Å². The number of pyridine rings is 1. The lowest BCUT2D eigenvalue weighted by molar-refractivity contribution is -0.384. The molecule has 0 amide bonds. The van der Waals surface area contributed by atoms with Crippen LogP contribution in [0.4, 0.5) is 5.69 Å². The standard InChI is InChI=1S/C14H11N3O2/c1-10-6-8-15-14-13(10)7-9-16(14)11-2-4-12(5-3-11)17(18)19/h2-9H,1H3. The van der Waals surface area contributed by atoms with Gasteiger partial charge in [0.05, 0.1) is 4.92 Å². The quantitative estimate of drug-likeness (QED) is 0.520. The van der Waals surface area contributed by atoms with E-state index in [4.69, 9.17) is 0 Å². The molecule has 2 heterocycles. The normalized spacial score (nSPS) is 10.8. The Morgan fingerprint density at radius 2 is 1.89 bits per heavy atom. The van der Waals surface area contributed by atoms with Crippen molar-refractivity contribution < 1.29 is 4.92 Å². The minimum Gasteiger partial charge on any atom is -0.301 e. The zero-order chi connectivity index (χ0) is 13.4. The van der Waals surface area contributed by atoms with E-state index < -0.39 is 4.92 Å². The molecule has 0 spiro atoms. The van der Waals surface area contributed by atoms with Crippen LogP contribution in [0.3, 0.4) is 0 Å². The topological polar surface area (TPSA) is 61.0 Å². The fourth-order valence-electron chi connectivity index (χ4n) is 2.12. The fraction of sp³-hybridized carbons (Fsp3) is 0.0714. The van der Waals surface area contributed by atoms with E-state index in [1.165, 1.54) is 12.1 Å². The summed E-state index contributed by atoms with van der Waals surface area (Å²) in [5.74, 6) is 0. The van der Waals surface area contributed by atoms with E-state index in [2.05, 4.69) is 4.98 Å². The zero-order valence-electron chi connectivity index (χ0n) is 10.3. The monoisotopic (exact) mass is 253 g/mol. The van der Waals surface area contributed by atoms with Gasteiger partial charge in [-0.05, 0) is 36.8 Å². The average Bonchev–Trinajstić information content (AvgIpc) is 2.84. The molecule has 3 rings (SSSR count). The molecule has 3 aromatic rings. The maximum atomic E-state index is 10.6. The molecule has 94 valence electrons. The smallest absolute Gasteiger partial charge is 0.269 e. The van der Waals surface area contributed by atoms with E-state index >= 15 is 0 Å². The summed E-state index contributed by atoms with van der Waals surface area (Å²) in [6.45, 7) is 2.03. The van der Waals surface area contributed by atoms with Gasteiger partial charge in [0.15, 0.2) is 0 Å². The highest BCUT2D eigenvalue weighted by atomic mass is 16.6. The molecule has 0 aliphatic heterocycles. The Hall–Kier alpha value is -2.69. The van der Waals surface area contributed by atoms with Crippen LogP contribution in [0.5, 0.6) is 0 Å². The van der Waals surface area contributed by atoms with Crippen LogP contribution >= 0.6 is 0 Å². The number of nitro groups is 1. The second-order valence-corrected chi connectivity index (χ2v) is 4.32. The van der Waals surface area contributed by atoms with Crippen LogP contribution in [0.25, 0.3) is 16.7 Å². The van der Waals surface area contributed by atoms with Crippen LogP contribution in [-0.4, -0.2) is 14.5 Å². The van der Waals surface area contributed by atoms with Crippen molar-refractivity contribution in [3.63, 3.8) is 0 Å². The number of hydrogen-bond acceptors (Lipinski definition) is 3. The molecule has 5 nitrogen and oxygen atoms in total. The molecule has 0 fully saturated rings. The lowest BCUT2D eigenvalue weighted by atomic mass is 10.2. The minimum atomic E-state index is -0.403. The molecule has 0 aliphatic carbocycles. The second kappa shape index (κ2) is 4.20. The highest BCUT2D eigenvalue weighted by Crippen LogP contribution is 2.22. The Morgan fingerprint density at radius 3 is 2.58 bits per heavy atom. The summed E-state index contributed by atoms with van der Waals surface area (Å²) in [6.07, 6.45) is 3.69. The van der Waals surface area contributed by atoms with Crippen LogP contribution in [-0.2, 0) is 0 Å². The number of aryl methyl sites for hydroxylation is 1. The van der Waals surface area contributed by atoms with Crippen LogP contribution in [0.15, 0.2) is 48.8 Å². The molecule has 0 saturated heterocycles. The van der Waals surface area contributed by atoms with Gasteiger partial charge >= 0.3 is 0 Å². The molecule has 2 aromatic heterocycles. The number of benzene rings is 1. The Morgan fingerprint density at radius 1 is 1.16 bits per heavy atom. The Bertz CT molecular complexity index is 760. The van der Waals surface area contributed by atoms with Crippen LogP contribution in [0, 0.1) is 17.0 Å². The maximum Gasteiger partial charge on any atom is 0.269 e. The van der Waals surface area contributed by atoms with E-state index in [-0.39, 0.29) is 5.69 Å². The molecule has 19 heavy (non-hydrogen) atoms. The molecule has 0 unspecified atom stereocenters. The van der Waals surface area contributed by atoms with E-state index in [9.17, 15) is 10.1 Å². The maximum absolute atomic E-state index is 10.6.